The van der Waals surface area contributed by atoms with Crippen molar-refractivity contribution in [2.24, 2.45) is 0 Å². The number of carbonyl (C=O) groups is 2. The summed E-state index contributed by atoms with van der Waals surface area (Å²) in [5, 5.41) is 8.03. The lowest BCUT2D eigenvalue weighted by Crippen LogP contribution is -2.34. The molecule has 0 aliphatic rings. The van der Waals surface area contributed by atoms with Crippen molar-refractivity contribution in [2.45, 2.75) is 0 Å². The molecule has 0 spiro atoms. The number of halogens is 3. The predicted molar refractivity (Wildman–Crippen MR) is 130 cm³/mol. The first-order chi connectivity index (χ1) is 15.3. The van der Waals surface area contributed by atoms with E-state index < -0.39 is 17.6 Å². The Bertz CT molecular complexity index is 1210. The molecule has 0 fully saturated rings. The van der Waals surface area contributed by atoms with Crippen molar-refractivity contribution in [3.8, 4) is 5.75 Å². The number of thiocarbonyl (C=S) groups is 1. The van der Waals surface area contributed by atoms with E-state index >= 15 is 0 Å². The Kier molecular flexibility index (Phi) is 7.79. The number of amides is 2. The van der Waals surface area contributed by atoms with E-state index in [-0.39, 0.29) is 10.1 Å². The molecule has 0 unspecified atom stereocenters. The molecular weight excluding hydrogens is 521 g/mol. The van der Waals surface area contributed by atoms with Gasteiger partial charge >= 0.3 is 0 Å². The second-order valence-corrected chi connectivity index (χ2v) is 8.15. The molecule has 0 heterocycles. The zero-order valence-electron chi connectivity index (χ0n) is 16.5. The minimum Gasteiger partial charge on any atom is -0.496 e. The molecule has 10 heteroatoms. The smallest absolute Gasteiger partial charge is 0.261 e. The number of hydrogen-bond donors (Lipinski definition) is 3. The summed E-state index contributed by atoms with van der Waals surface area (Å²) >= 11 is 14.3. The first-order valence-electron chi connectivity index (χ1n) is 9.09. The highest BCUT2D eigenvalue weighted by Crippen LogP contribution is 2.23. The quantitative estimate of drug-likeness (QED) is 0.368. The van der Waals surface area contributed by atoms with E-state index in [1.807, 2.05) is 0 Å². The molecule has 32 heavy (non-hydrogen) atoms. The Morgan fingerprint density at radius 3 is 2.47 bits per heavy atom. The maximum atomic E-state index is 13.3. The Labute approximate surface area is 202 Å². The van der Waals surface area contributed by atoms with E-state index in [4.69, 9.17) is 28.6 Å². The summed E-state index contributed by atoms with van der Waals surface area (Å²) in [5.74, 6) is -1.06. The molecule has 3 rings (SSSR count). The first-order valence-corrected chi connectivity index (χ1v) is 10.7. The van der Waals surface area contributed by atoms with Crippen LogP contribution in [0.1, 0.15) is 20.7 Å². The van der Waals surface area contributed by atoms with Crippen LogP contribution in [0.2, 0.25) is 5.02 Å². The van der Waals surface area contributed by atoms with Gasteiger partial charge in [-0.1, -0.05) is 33.6 Å². The van der Waals surface area contributed by atoms with Gasteiger partial charge in [-0.05, 0) is 66.8 Å². The largest absolute Gasteiger partial charge is 0.496 e. The fourth-order valence-corrected chi connectivity index (χ4v) is 3.46. The number of benzene rings is 3. The van der Waals surface area contributed by atoms with Gasteiger partial charge in [-0.2, -0.15) is 0 Å². The van der Waals surface area contributed by atoms with Crippen LogP contribution < -0.4 is 20.7 Å². The minimum atomic E-state index is -0.577. The minimum absolute atomic E-state index is 0.0416. The third-order valence-electron chi connectivity index (χ3n) is 4.19. The van der Waals surface area contributed by atoms with Gasteiger partial charge in [0.15, 0.2) is 5.11 Å². The third-order valence-corrected chi connectivity index (χ3v) is 5.18. The Hall–Kier alpha value is -3.01. The van der Waals surface area contributed by atoms with Crippen molar-refractivity contribution < 1.29 is 18.7 Å². The van der Waals surface area contributed by atoms with Crippen molar-refractivity contribution in [1.82, 2.24) is 5.32 Å². The van der Waals surface area contributed by atoms with Crippen LogP contribution in [0.15, 0.2) is 65.1 Å². The second kappa shape index (κ2) is 10.5. The number of carbonyl (C=O) groups excluding carboxylic acids is 2. The lowest BCUT2D eigenvalue weighted by molar-refractivity contribution is 0.0973. The SMILES string of the molecule is COc1ccc(Br)cc1C(=O)NC(=S)Nc1cccc(C(=O)Nc2ccc(F)c(Cl)c2)c1. The fraction of sp³-hybridized carbons (Fsp3) is 0.0455. The zero-order valence-corrected chi connectivity index (χ0v) is 19.7. The number of methoxy groups -OCH3 is 1. The molecule has 0 radical (unpaired) electrons. The van der Waals surface area contributed by atoms with Gasteiger partial charge in [-0.15, -0.1) is 0 Å². The van der Waals surface area contributed by atoms with Crippen molar-refractivity contribution in [3.05, 3.63) is 87.1 Å². The van der Waals surface area contributed by atoms with Crippen molar-refractivity contribution in [1.29, 1.82) is 0 Å². The van der Waals surface area contributed by atoms with Gasteiger partial charge < -0.3 is 15.4 Å². The Morgan fingerprint density at radius 1 is 1.00 bits per heavy atom. The highest BCUT2D eigenvalue weighted by Gasteiger charge is 2.15. The van der Waals surface area contributed by atoms with Crippen LogP contribution >= 0.6 is 39.7 Å². The molecule has 0 saturated carbocycles. The molecule has 0 saturated heterocycles. The average Bonchev–Trinajstić information content (AvgIpc) is 2.76. The topological polar surface area (TPSA) is 79.5 Å². The predicted octanol–water partition coefficient (Wildman–Crippen LogP) is 5.63. The third kappa shape index (κ3) is 6.03. The number of rotatable bonds is 5. The summed E-state index contributed by atoms with van der Waals surface area (Å²) < 4.78 is 19.2. The van der Waals surface area contributed by atoms with Crippen LogP contribution in [-0.4, -0.2) is 24.0 Å². The van der Waals surface area contributed by atoms with Crippen molar-refractivity contribution in [3.63, 3.8) is 0 Å². The molecule has 3 N–H and O–H groups in total. The zero-order chi connectivity index (χ0) is 23.3. The molecule has 0 aromatic heterocycles. The van der Waals surface area contributed by atoms with Gasteiger partial charge in [-0.25, -0.2) is 4.39 Å². The van der Waals surface area contributed by atoms with E-state index in [0.717, 1.165) is 6.07 Å². The highest BCUT2D eigenvalue weighted by molar-refractivity contribution is 9.10. The standard InChI is InChI=1S/C22H16BrClFN3O3S/c1-31-19-8-5-13(23)10-16(19)21(30)28-22(32)27-14-4-2-3-12(9-14)20(29)26-15-6-7-18(25)17(24)11-15/h2-11H,1H3,(H,26,29)(H2,27,28,30,32). The maximum Gasteiger partial charge on any atom is 0.261 e. The maximum absolute atomic E-state index is 13.3. The van der Waals surface area contributed by atoms with Crippen LogP contribution in [0.25, 0.3) is 0 Å². The van der Waals surface area contributed by atoms with Gasteiger partial charge in [0.1, 0.15) is 11.6 Å². The van der Waals surface area contributed by atoms with Crippen LogP contribution in [0.3, 0.4) is 0 Å². The summed E-state index contributed by atoms with van der Waals surface area (Å²) in [6.45, 7) is 0. The summed E-state index contributed by atoms with van der Waals surface area (Å²) in [5.41, 5.74) is 1.46. The van der Waals surface area contributed by atoms with E-state index in [2.05, 4.69) is 31.9 Å². The monoisotopic (exact) mass is 535 g/mol. The molecule has 0 aliphatic carbocycles. The van der Waals surface area contributed by atoms with E-state index in [1.54, 1.807) is 42.5 Å². The number of ether oxygens (including phenoxy) is 1. The Balaban J connectivity index is 1.67. The molecule has 164 valence electrons. The van der Waals surface area contributed by atoms with Crippen LogP contribution in [0, 0.1) is 5.82 Å². The van der Waals surface area contributed by atoms with Crippen LogP contribution in [0.5, 0.6) is 5.75 Å². The van der Waals surface area contributed by atoms with Gasteiger partial charge in [0.05, 0.1) is 17.7 Å². The van der Waals surface area contributed by atoms with E-state index in [1.165, 1.54) is 19.2 Å². The lowest BCUT2D eigenvalue weighted by Gasteiger charge is -2.13. The molecule has 2 amide bonds. The van der Waals surface area contributed by atoms with Gasteiger partial charge in [0, 0.05) is 21.4 Å². The summed E-state index contributed by atoms with van der Waals surface area (Å²) in [6, 6.07) is 15.4. The number of nitrogens with one attached hydrogen (secondary N) is 3. The Morgan fingerprint density at radius 2 is 1.75 bits per heavy atom. The summed E-state index contributed by atoms with van der Waals surface area (Å²) in [4.78, 5) is 25.1. The normalized spacial score (nSPS) is 10.2. The lowest BCUT2D eigenvalue weighted by atomic mass is 10.1. The van der Waals surface area contributed by atoms with E-state index in [0.29, 0.717) is 32.7 Å². The number of hydrogen-bond acceptors (Lipinski definition) is 4. The van der Waals surface area contributed by atoms with Crippen LogP contribution in [0.4, 0.5) is 15.8 Å². The molecule has 0 bridgehead atoms. The van der Waals surface area contributed by atoms with Gasteiger partial charge in [-0.3, -0.25) is 14.9 Å². The van der Waals surface area contributed by atoms with Crippen molar-refractivity contribution >= 4 is 68.1 Å². The molecule has 6 nitrogen and oxygen atoms in total. The summed E-state index contributed by atoms with van der Waals surface area (Å²) in [6.07, 6.45) is 0. The molecule has 3 aromatic carbocycles. The first kappa shape index (κ1) is 23.6. The van der Waals surface area contributed by atoms with Gasteiger partial charge in [0.25, 0.3) is 11.8 Å². The molecule has 3 aromatic rings. The van der Waals surface area contributed by atoms with E-state index in [9.17, 15) is 14.0 Å². The van der Waals surface area contributed by atoms with Gasteiger partial charge in [0.2, 0.25) is 0 Å². The molecule has 0 aliphatic heterocycles. The highest BCUT2D eigenvalue weighted by atomic mass is 79.9. The second-order valence-electron chi connectivity index (χ2n) is 6.42. The van der Waals surface area contributed by atoms with Crippen molar-refractivity contribution in [2.75, 3.05) is 17.7 Å². The van der Waals surface area contributed by atoms with Crippen LogP contribution in [-0.2, 0) is 0 Å². The summed E-state index contributed by atoms with van der Waals surface area (Å²) in [7, 11) is 1.47. The number of anilines is 2. The fourth-order valence-electron chi connectivity index (χ4n) is 2.71. The average molecular weight is 537 g/mol. The molecule has 0 atom stereocenters. The molecular formula is C22H16BrClFN3O3S.